The molecule has 2 aliphatic rings. The van der Waals surface area contributed by atoms with Crippen LogP contribution < -0.4 is 15.0 Å². The number of fused-ring (bicyclic) bond motifs is 1. The summed E-state index contributed by atoms with van der Waals surface area (Å²) in [5, 5.41) is 2.90. The number of para-hydroxylation sites is 2. The lowest BCUT2D eigenvalue weighted by atomic mass is 9.87. The minimum absolute atomic E-state index is 0.0333. The molecule has 1 saturated carbocycles. The van der Waals surface area contributed by atoms with Crippen molar-refractivity contribution >= 4 is 22.9 Å². The topological polar surface area (TPSA) is 104 Å². The summed E-state index contributed by atoms with van der Waals surface area (Å²) in [6.07, 6.45) is -0.180. The fourth-order valence-electron chi connectivity index (χ4n) is 4.95. The zero-order valence-electron chi connectivity index (χ0n) is 21.3. The highest BCUT2D eigenvalue weighted by Crippen LogP contribution is 2.32. The average molecular weight is 531 g/mol. The normalized spacial score (nSPS) is 20.2. The van der Waals surface area contributed by atoms with Crippen LogP contribution in [0.4, 0.5) is 14.7 Å². The summed E-state index contributed by atoms with van der Waals surface area (Å²) in [4.78, 5) is 27.8. The fraction of sp³-hybridized carbons (Fsp3) is 0.538. The van der Waals surface area contributed by atoms with Gasteiger partial charge in [-0.25, -0.2) is 13.8 Å². The van der Waals surface area contributed by atoms with Crippen molar-refractivity contribution in [1.29, 1.82) is 0 Å². The van der Waals surface area contributed by atoms with Gasteiger partial charge in [-0.2, -0.15) is 9.97 Å². The zero-order valence-corrected chi connectivity index (χ0v) is 21.3. The highest BCUT2D eigenvalue weighted by Gasteiger charge is 2.29. The van der Waals surface area contributed by atoms with Gasteiger partial charge in [0.05, 0.1) is 30.9 Å². The molecule has 3 aromatic rings. The Bertz CT molecular complexity index is 1240. The Balaban J connectivity index is 1.40. The number of imidazole rings is 1. The molecule has 10 nitrogen and oxygen atoms in total. The number of methoxy groups -OCH3 is 1. The molecule has 1 aliphatic heterocycles. The van der Waals surface area contributed by atoms with Crippen LogP contribution in [0, 0.1) is 5.92 Å². The fourth-order valence-corrected chi connectivity index (χ4v) is 4.95. The van der Waals surface area contributed by atoms with E-state index in [2.05, 4.69) is 20.3 Å². The molecule has 12 heteroatoms. The number of morpholine rings is 1. The Labute approximate surface area is 219 Å². The van der Waals surface area contributed by atoms with E-state index in [9.17, 15) is 13.6 Å². The first-order chi connectivity index (χ1) is 18.5. The summed E-state index contributed by atoms with van der Waals surface area (Å²) in [5.41, 5.74) is 0.985. The molecule has 1 saturated heterocycles. The lowest BCUT2D eigenvalue weighted by molar-refractivity contribution is -0.126. The lowest BCUT2D eigenvalue weighted by Gasteiger charge is -2.29. The highest BCUT2D eigenvalue weighted by molar-refractivity contribution is 5.79. The molecule has 2 fully saturated rings. The van der Waals surface area contributed by atoms with Gasteiger partial charge >= 0.3 is 0 Å². The van der Waals surface area contributed by atoms with E-state index in [-0.39, 0.29) is 29.6 Å². The number of rotatable bonds is 9. The molecule has 3 heterocycles. The summed E-state index contributed by atoms with van der Waals surface area (Å²) in [7, 11) is 1.60. The third-order valence-electron chi connectivity index (χ3n) is 6.92. The number of hydrogen-bond acceptors (Lipinski definition) is 8. The van der Waals surface area contributed by atoms with Gasteiger partial charge in [0.1, 0.15) is 11.9 Å². The Morgan fingerprint density at radius 3 is 2.63 bits per heavy atom. The van der Waals surface area contributed by atoms with E-state index in [0.717, 1.165) is 0 Å². The molecule has 1 N–H and O–H groups in total. The molecule has 0 unspecified atom stereocenters. The molecule has 0 atom stereocenters. The number of nitrogens with one attached hydrogen (secondary N) is 1. The predicted octanol–water partition coefficient (Wildman–Crippen LogP) is 3.29. The molecule has 0 bridgehead atoms. The van der Waals surface area contributed by atoms with Crippen LogP contribution in [-0.4, -0.2) is 78.1 Å². The maximum atomic E-state index is 14.1. The zero-order chi connectivity index (χ0) is 26.5. The molecule has 1 aliphatic carbocycles. The molecule has 0 spiro atoms. The van der Waals surface area contributed by atoms with Gasteiger partial charge in [-0.1, -0.05) is 12.1 Å². The molecular formula is C26H32F2N6O4. The first-order valence-corrected chi connectivity index (χ1v) is 12.9. The largest absolute Gasteiger partial charge is 0.474 e. The number of benzene rings is 1. The highest BCUT2D eigenvalue weighted by atomic mass is 19.3. The van der Waals surface area contributed by atoms with Gasteiger partial charge in [0.15, 0.2) is 5.82 Å². The smallest absolute Gasteiger partial charge is 0.296 e. The van der Waals surface area contributed by atoms with Crippen molar-refractivity contribution in [2.75, 3.05) is 51.5 Å². The maximum Gasteiger partial charge on any atom is 0.296 e. The second-order valence-corrected chi connectivity index (χ2v) is 9.43. The maximum absolute atomic E-state index is 14.1. The van der Waals surface area contributed by atoms with Crippen LogP contribution in [-0.2, 0) is 14.3 Å². The molecule has 2 aromatic heterocycles. The minimum atomic E-state index is -2.79. The van der Waals surface area contributed by atoms with Crippen molar-refractivity contribution < 1.29 is 27.8 Å². The summed E-state index contributed by atoms with van der Waals surface area (Å²) in [5.74, 6) is 0.552. The second kappa shape index (κ2) is 12.0. The second-order valence-electron chi connectivity index (χ2n) is 9.43. The Hall–Kier alpha value is -3.38. The lowest BCUT2D eigenvalue weighted by Crippen LogP contribution is -2.38. The number of amides is 1. The van der Waals surface area contributed by atoms with E-state index in [1.165, 1.54) is 4.57 Å². The van der Waals surface area contributed by atoms with Gasteiger partial charge in [0.25, 0.3) is 6.43 Å². The molecule has 38 heavy (non-hydrogen) atoms. The molecule has 204 valence electrons. The third kappa shape index (κ3) is 5.86. The van der Waals surface area contributed by atoms with E-state index in [1.54, 1.807) is 37.4 Å². The Morgan fingerprint density at radius 1 is 1.13 bits per heavy atom. The number of carbonyl (C=O) groups excluding carboxylic acids is 1. The van der Waals surface area contributed by atoms with Crippen molar-refractivity contribution in [3.63, 3.8) is 0 Å². The number of anilines is 1. The standard InChI is InChI=1S/C26H32F2N6O4/c1-36-13-10-29-25(35)17-6-8-18(9-7-17)38-22-16-21(31-26(32-22)33-11-14-37-15-12-33)34-20-5-3-2-4-19(20)30-24(34)23(27)28/h2-5,16-18,23H,6-15H2,1H3,(H,29,35)/t17-,18-. The van der Waals surface area contributed by atoms with Gasteiger partial charge in [0, 0.05) is 38.7 Å². The van der Waals surface area contributed by atoms with E-state index in [4.69, 9.17) is 14.2 Å². The number of alkyl halides is 2. The molecule has 1 amide bonds. The summed E-state index contributed by atoms with van der Waals surface area (Å²) >= 11 is 0. The molecule has 1 aromatic carbocycles. The van der Waals surface area contributed by atoms with E-state index >= 15 is 0 Å². The first kappa shape index (κ1) is 26.2. The van der Waals surface area contributed by atoms with Crippen molar-refractivity contribution in [2.24, 2.45) is 5.92 Å². The van der Waals surface area contributed by atoms with Crippen LogP contribution in [0.3, 0.4) is 0 Å². The van der Waals surface area contributed by atoms with Gasteiger partial charge in [-0.15, -0.1) is 0 Å². The van der Waals surface area contributed by atoms with E-state index in [0.29, 0.717) is 88.0 Å². The van der Waals surface area contributed by atoms with E-state index < -0.39 is 6.43 Å². The van der Waals surface area contributed by atoms with Crippen molar-refractivity contribution in [3.05, 3.63) is 36.2 Å². The minimum Gasteiger partial charge on any atom is -0.474 e. The summed E-state index contributed by atoms with van der Waals surface area (Å²) in [6, 6.07) is 8.57. The van der Waals surface area contributed by atoms with Gasteiger partial charge < -0.3 is 24.4 Å². The van der Waals surface area contributed by atoms with Crippen LogP contribution in [0.15, 0.2) is 30.3 Å². The Morgan fingerprint density at radius 2 is 1.89 bits per heavy atom. The number of nitrogens with zero attached hydrogens (tertiary/aromatic N) is 5. The predicted molar refractivity (Wildman–Crippen MR) is 136 cm³/mol. The number of aromatic nitrogens is 4. The number of halogens is 2. The number of carbonyl (C=O) groups is 1. The van der Waals surface area contributed by atoms with Crippen molar-refractivity contribution in [3.8, 4) is 11.7 Å². The van der Waals surface area contributed by atoms with Crippen LogP contribution in [0.25, 0.3) is 16.9 Å². The molecule has 5 rings (SSSR count). The number of hydrogen-bond donors (Lipinski definition) is 1. The van der Waals surface area contributed by atoms with Crippen LogP contribution in [0.2, 0.25) is 0 Å². The van der Waals surface area contributed by atoms with Gasteiger partial charge in [0.2, 0.25) is 17.7 Å². The summed E-state index contributed by atoms with van der Waals surface area (Å²) in [6.45, 7) is 3.18. The van der Waals surface area contributed by atoms with Gasteiger partial charge in [-0.3, -0.25) is 9.36 Å². The molecule has 0 radical (unpaired) electrons. The number of ether oxygens (including phenoxy) is 3. The Kier molecular flexibility index (Phi) is 8.28. The summed E-state index contributed by atoms with van der Waals surface area (Å²) < 4.78 is 46.2. The van der Waals surface area contributed by atoms with Crippen LogP contribution in [0.5, 0.6) is 5.88 Å². The monoisotopic (exact) mass is 530 g/mol. The van der Waals surface area contributed by atoms with Gasteiger partial charge in [-0.05, 0) is 37.8 Å². The SMILES string of the molecule is COCCNC(=O)[C@H]1CC[C@H](Oc2cc(-n3c(C(F)F)nc4ccccc43)nc(N3CCOCC3)n2)CC1. The third-order valence-corrected chi connectivity index (χ3v) is 6.92. The first-order valence-electron chi connectivity index (χ1n) is 12.9. The molecular weight excluding hydrogens is 498 g/mol. The van der Waals surface area contributed by atoms with Crippen LogP contribution >= 0.6 is 0 Å². The van der Waals surface area contributed by atoms with Crippen molar-refractivity contribution in [2.45, 2.75) is 38.2 Å². The van der Waals surface area contributed by atoms with E-state index in [1.807, 2.05) is 4.90 Å². The quantitative estimate of drug-likeness (QED) is 0.421. The van der Waals surface area contributed by atoms with Crippen LogP contribution in [0.1, 0.15) is 37.9 Å². The van der Waals surface area contributed by atoms with Crippen molar-refractivity contribution in [1.82, 2.24) is 24.8 Å². The average Bonchev–Trinajstić information content (AvgIpc) is 3.34.